The van der Waals surface area contributed by atoms with Crippen LogP contribution >= 0.6 is 22.9 Å². The third-order valence-corrected chi connectivity index (χ3v) is 6.87. The molecular formula is C26H29ClN4O2S. The molecule has 0 spiro atoms. The van der Waals surface area contributed by atoms with Gasteiger partial charge in [-0.3, -0.25) is 4.90 Å². The Balaban J connectivity index is 1.32. The summed E-state index contributed by atoms with van der Waals surface area (Å²) < 4.78 is 11.5. The van der Waals surface area contributed by atoms with E-state index >= 15 is 0 Å². The number of halogens is 1. The number of benzene rings is 2. The lowest BCUT2D eigenvalue weighted by Crippen LogP contribution is -2.35. The molecule has 3 heterocycles. The molecule has 0 saturated carbocycles. The Labute approximate surface area is 208 Å². The van der Waals surface area contributed by atoms with E-state index in [2.05, 4.69) is 47.3 Å². The Morgan fingerprint density at radius 2 is 2.00 bits per heavy atom. The van der Waals surface area contributed by atoms with Crippen molar-refractivity contribution in [3.63, 3.8) is 0 Å². The molecule has 34 heavy (non-hydrogen) atoms. The number of hydrogen-bond donors (Lipinski definition) is 1. The van der Waals surface area contributed by atoms with Gasteiger partial charge in [0.15, 0.2) is 5.82 Å². The van der Waals surface area contributed by atoms with Gasteiger partial charge in [0.25, 0.3) is 0 Å². The minimum atomic E-state index is 0.456. The van der Waals surface area contributed by atoms with Crippen LogP contribution in [-0.4, -0.2) is 52.8 Å². The molecule has 0 bridgehead atoms. The van der Waals surface area contributed by atoms with Crippen molar-refractivity contribution in [1.82, 2.24) is 19.9 Å². The standard InChI is InChI=1S/C26H29ClN4O2S/c1-17(2)15-33-24-6-4-20(27)12-19(24)13-25-28-23(16-34-25)26-29-21-5-3-18(11-22(21)30-26)14-31-7-9-32-10-8-31/h3-6,11-12,16-17H,7-10,13-15H2,1-2H3,(H,29,30). The van der Waals surface area contributed by atoms with Gasteiger partial charge in [-0.1, -0.05) is 31.5 Å². The molecule has 2 aromatic heterocycles. The first-order valence-corrected chi connectivity index (χ1v) is 12.9. The van der Waals surface area contributed by atoms with Crippen LogP contribution in [0.15, 0.2) is 41.8 Å². The van der Waals surface area contributed by atoms with Crippen molar-refractivity contribution >= 4 is 34.0 Å². The van der Waals surface area contributed by atoms with Crippen molar-refractivity contribution < 1.29 is 9.47 Å². The predicted octanol–water partition coefficient (Wildman–Crippen LogP) is 5.80. The zero-order chi connectivity index (χ0) is 23.5. The van der Waals surface area contributed by atoms with Crippen LogP contribution in [0.5, 0.6) is 5.75 Å². The number of thiazole rings is 1. The van der Waals surface area contributed by atoms with Crippen LogP contribution in [0, 0.1) is 5.92 Å². The molecule has 0 atom stereocenters. The lowest BCUT2D eigenvalue weighted by molar-refractivity contribution is 0.0342. The number of fused-ring (bicyclic) bond motifs is 1. The molecule has 6 nitrogen and oxygen atoms in total. The maximum absolute atomic E-state index is 6.27. The van der Waals surface area contributed by atoms with Crippen LogP contribution in [0.2, 0.25) is 5.02 Å². The summed E-state index contributed by atoms with van der Waals surface area (Å²) >= 11 is 7.90. The summed E-state index contributed by atoms with van der Waals surface area (Å²) in [6, 6.07) is 12.2. The van der Waals surface area contributed by atoms with Gasteiger partial charge in [-0.2, -0.15) is 0 Å². The van der Waals surface area contributed by atoms with Crippen molar-refractivity contribution in [3.8, 4) is 17.3 Å². The van der Waals surface area contributed by atoms with Gasteiger partial charge in [-0.05, 0) is 41.8 Å². The van der Waals surface area contributed by atoms with E-state index in [0.29, 0.717) is 24.0 Å². The minimum absolute atomic E-state index is 0.456. The second-order valence-corrected chi connectivity index (χ2v) is 10.5. The number of H-pyrrole nitrogens is 1. The smallest absolute Gasteiger partial charge is 0.158 e. The van der Waals surface area contributed by atoms with E-state index in [1.807, 2.05) is 18.2 Å². The van der Waals surface area contributed by atoms with E-state index in [0.717, 1.165) is 71.7 Å². The Morgan fingerprint density at radius 1 is 1.15 bits per heavy atom. The molecular weight excluding hydrogens is 468 g/mol. The maximum atomic E-state index is 6.27. The lowest BCUT2D eigenvalue weighted by atomic mass is 10.1. The van der Waals surface area contributed by atoms with Gasteiger partial charge in [0, 0.05) is 42.0 Å². The first-order valence-electron chi connectivity index (χ1n) is 11.7. The fourth-order valence-electron chi connectivity index (χ4n) is 4.04. The van der Waals surface area contributed by atoms with Crippen LogP contribution in [0.4, 0.5) is 0 Å². The number of nitrogens with one attached hydrogen (secondary N) is 1. The van der Waals surface area contributed by atoms with E-state index in [4.69, 9.17) is 31.0 Å². The van der Waals surface area contributed by atoms with E-state index in [-0.39, 0.29) is 0 Å². The topological polar surface area (TPSA) is 63.3 Å². The van der Waals surface area contributed by atoms with E-state index in [1.54, 1.807) is 11.3 Å². The quantitative estimate of drug-likeness (QED) is 0.334. The molecule has 0 amide bonds. The van der Waals surface area contributed by atoms with Gasteiger partial charge < -0.3 is 14.5 Å². The van der Waals surface area contributed by atoms with Crippen molar-refractivity contribution in [2.75, 3.05) is 32.9 Å². The van der Waals surface area contributed by atoms with Crippen molar-refractivity contribution in [3.05, 3.63) is 62.9 Å². The molecule has 0 radical (unpaired) electrons. The fraction of sp³-hybridized carbons (Fsp3) is 0.385. The number of nitrogens with zero attached hydrogens (tertiary/aromatic N) is 3. The number of hydrogen-bond acceptors (Lipinski definition) is 6. The van der Waals surface area contributed by atoms with E-state index < -0.39 is 0 Å². The van der Waals surface area contributed by atoms with E-state index in [1.165, 1.54) is 5.56 Å². The Kier molecular flexibility index (Phi) is 7.15. The third kappa shape index (κ3) is 5.61. The Hall–Kier alpha value is -2.45. The first-order chi connectivity index (χ1) is 16.5. The van der Waals surface area contributed by atoms with Crippen LogP contribution in [0.1, 0.15) is 30.0 Å². The summed E-state index contributed by atoms with van der Waals surface area (Å²) in [5.41, 5.74) is 5.17. The van der Waals surface area contributed by atoms with Gasteiger partial charge in [-0.25, -0.2) is 9.97 Å². The SMILES string of the molecule is CC(C)COc1ccc(Cl)cc1Cc1nc(-c2nc3ccc(CN4CCOCC4)cc3[nH]2)cs1. The van der Waals surface area contributed by atoms with Gasteiger partial charge in [0.2, 0.25) is 0 Å². The predicted molar refractivity (Wildman–Crippen MR) is 138 cm³/mol. The normalized spacial score (nSPS) is 14.8. The molecule has 1 fully saturated rings. The number of aromatic amines is 1. The molecule has 4 aromatic rings. The maximum Gasteiger partial charge on any atom is 0.158 e. The largest absolute Gasteiger partial charge is 0.493 e. The number of rotatable bonds is 8. The lowest BCUT2D eigenvalue weighted by Gasteiger charge is -2.26. The average Bonchev–Trinajstić information content (AvgIpc) is 3.46. The van der Waals surface area contributed by atoms with Crippen LogP contribution in [-0.2, 0) is 17.7 Å². The van der Waals surface area contributed by atoms with Crippen molar-refractivity contribution in [1.29, 1.82) is 0 Å². The highest BCUT2D eigenvalue weighted by molar-refractivity contribution is 7.10. The zero-order valence-electron chi connectivity index (χ0n) is 19.5. The van der Waals surface area contributed by atoms with Gasteiger partial charge in [-0.15, -0.1) is 11.3 Å². The highest BCUT2D eigenvalue weighted by Crippen LogP contribution is 2.29. The molecule has 1 saturated heterocycles. The summed E-state index contributed by atoms with van der Waals surface area (Å²) in [5.74, 6) is 2.12. The number of ether oxygens (including phenoxy) is 2. The summed E-state index contributed by atoms with van der Waals surface area (Å²) in [6.45, 7) is 9.45. The molecule has 8 heteroatoms. The molecule has 1 aliphatic rings. The monoisotopic (exact) mass is 496 g/mol. The van der Waals surface area contributed by atoms with E-state index in [9.17, 15) is 0 Å². The first kappa shape index (κ1) is 23.3. The zero-order valence-corrected chi connectivity index (χ0v) is 21.1. The van der Waals surface area contributed by atoms with Crippen molar-refractivity contribution in [2.24, 2.45) is 5.92 Å². The van der Waals surface area contributed by atoms with Crippen LogP contribution in [0.3, 0.4) is 0 Å². The summed E-state index contributed by atoms with van der Waals surface area (Å²) in [6.07, 6.45) is 0.669. The van der Waals surface area contributed by atoms with Crippen LogP contribution in [0.25, 0.3) is 22.6 Å². The minimum Gasteiger partial charge on any atom is -0.493 e. The third-order valence-electron chi connectivity index (χ3n) is 5.79. The molecule has 0 unspecified atom stereocenters. The summed E-state index contributed by atoms with van der Waals surface area (Å²) in [5, 5.41) is 3.76. The second-order valence-electron chi connectivity index (χ2n) is 9.09. The fourth-order valence-corrected chi connectivity index (χ4v) is 5.04. The van der Waals surface area contributed by atoms with Crippen LogP contribution < -0.4 is 4.74 Å². The van der Waals surface area contributed by atoms with Gasteiger partial charge >= 0.3 is 0 Å². The average molecular weight is 497 g/mol. The summed E-state index contributed by atoms with van der Waals surface area (Å²) in [7, 11) is 0. The Bertz CT molecular complexity index is 1260. The highest BCUT2D eigenvalue weighted by atomic mass is 35.5. The number of morpholine rings is 1. The molecule has 178 valence electrons. The second kappa shape index (κ2) is 10.4. The van der Waals surface area contributed by atoms with Crippen molar-refractivity contribution in [2.45, 2.75) is 26.8 Å². The molecule has 1 aliphatic heterocycles. The number of imidazole rings is 1. The number of aromatic nitrogens is 3. The summed E-state index contributed by atoms with van der Waals surface area (Å²) in [4.78, 5) is 15.5. The van der Waals surface area contributed by atoms with Gasteiger partial charge in [0.1, 0.15) is 11.4 Å². The van der Waals surface area contributed by atoms with Gasteiger partial charge in [0.05, 0.1) is 35.9 Å². The molecule has 2 aromatic carbocycles. The molecule has 0 aliphatic carbocycles. The Morgan fingerprint density at radius 3 is 2.82 bits per heavy atom. The highest BCUT2D eigenvalue weighted by Gasteiger charge is 2.15. The molecule has 5 rings (SSSR count). The molecule has 1 N–H and O–H groups in total.